The van der Waals surface area contributed by atoms with E-state index in [0.717, 1.165) is 0 Å². The van der Waals surface area contributed by atoms with Crippen molar-refractivity contribution in [2.45, 2.75) is 10.6 Å². The normalized spacial score (nSPS) is 11.5. The first-order chi connectivity index (χ1) is 8.90. The lowest BCUT2D eigenvalue weighted by Gasteiger charge is -2.07. The molecule has 0 atom stereocenters. The Bertz CT molecular complexity index is 716. The fourth-order valence-corrected chi connectivity index (χ4v) is 3.89. The van der Waals surface area contributed by atoms with E-state index in [9.17, 15) is 12.8 Å². The average Bonchev–Trinajstić information content (AvgIpc) is 2.33. The summed E-state index contributed by atoms with van der Waals surface area (Å²) >= 11 is 8.98. The third-order valence-corrected chi connectivity index (χ3v) is 5.18. The van der Waals surface area contributed by atoms with Crippen molar-refractivity contribution >= 4 is 37.4 Å². The van der Waals surface area contributed by atoms with Gasteiger partial charge in [0, 0.05) is 10.0 Å². The second kappa shape index (κ2) is 5.61. The highest BCUT2D eigenvalue weighted by molar-refractivity contribution is 9.10. The number of rotatable bonds is 3. The van der Waals surface area contributed by atoms with Gasteiger partial charge in [0.15, 0.2) is 9.84 Å². The van der Waals surface area contributed by atoms with E-state index in [0.29, 0.717) is 4.47 Å². The largest absolute Gasteiger partial charge is 0.223 e. The molecule has 0 N–H and O–H groups in total. The first-order valence-electron chi connectivity index (χ1n) is 5.31. The van der Waals surface area contributed by atoms with Crippen molar-refractivity contribution in [2.24, 2.45) is 0 Å². The molecule has 2 aromatic rings. The maximum Gasteiger partial charge on any atom is 0.184 e. The highest BCUT2D eigenvalue weighted by Crippen LogP contribution is 2.25. The third-order valence-electron chi connectivity index (χ3n) is 2.53. The average molecular weight is 364 g/mol. The van der Waals surface area contributed by atoms with Gasteiger partial charge in [0.2, 0.25) is 0 Å². The maximum atomic E-state index is 13.7. The molecule has 0 radical (unpaired) electrons. The molecule has 0 bridgehead atoms. The summed E-state index contributed by atoms with van der Waals surface area (Å²) in [5, 5.41) is 0.139. The zero-order valence-electron chi connectivity index (χ0n) is 9.61. The van der Waals surface area contributed by atoms with Gasteiger partial charge in [-0.25, -0.2) is 12.8 Å². The summed E-state index contributed by atoms with van der Waals surface area (Å²) in [5.41, 5.74) is 0.114. The van der Waals surface area contributed by atoms with Crippen LogP contribution in [0.5, 0.6) is 0 Å². The molecule has 0 aliphatic heterocycles. The van der Waals surface area contributed by atoms with Gasteiger partial charge in [-0.1, -0.05) is 45.7 Å². The second-order valence-corrected chi connectivity index (χ2v) is 7.21. The Labute approximate surface area is 124 Å². The third kappa shape index (κ3) is 3.35. The molecule has 0 spiro atoms. The Morgan fingerprint density at radius 1 is 1.16 bits per heavy atom. The summed E-state index contributed by atoms with van der Waals surface area (Å²) in [6, 6.07) is 10.4. The summed E-state index contributed by atoms with van der Waals surface area (Å²) in [5.74, 6) is -0.986. The number of hydrogen-bond acceptors (Lipinski definition) is 2. The molecule has 0 amide bonds. The van der Waals surface area contributed by atoms with Gasteiger partial charge in [0.25, 0.3) is 0 Å². The molecule has 0 aromatic heterocycles. The van der Waals surface area contributed by atoms with E-state index < -0.39 is 21.4 Å². The van der Waals surface area contributed by atoms with Gasteiger partial charge in [0.05, 0.1) is 15.7 Å². The minimum atomic E-state index is -3.67. The van der Waals surface area contributed by atoms with Crippen molar-refractivity contribution in [1.82, 2.24) is 0 Å². The van der Waals surface area contributed by atoms with Crippen LogP contribution in [0.1, 0.15) is 5.56 Å². The smallest absolute Gasteiger partial charge is 0.184 e. The van der Waals surface area contributed by atoms with Crippen LogP contribution in [-0.2, 0) is 15.6 Å². The highest BCUT2D eigenvalue weighted by atomic mass is 79.9. The van der Waals surface area contributed by atoms with Crippen molar-refractivity contribution in [2.75, 3.05) is 0 Å². The van der Waals surface area contributed by atoms with Crippen LogP contribution >= 0.6 is 27.5 Å². The molecule has 19 heavy (non-hydrogen) atoms. The van der Waals surface area contributed by atoms with Crippen molar-refractivity contribution in [3.63, 3.8) is 0 Å². The van der Waals surface area contributed by atoms with Crippen LogP contribution in [0.2, 0.25) is 5.02 Å². The molecule has 2 aromatic carbocycles. The highest BCUT2D eigenvalue weighted by Gasteiger charge is 2.20. The number of sulfone groups is 1. The van der Waals surface area contributed by atoms with Crippen LogP contribution in [0.4, 0.5) is 4.39 Å². The van der Waals surface area contributed by atoms with Gasteiger partial charge in [-0.05, 0) is 24.3 Å². The standard InChI is InChI=1S/C13H9BrClFO2S/c14-10-6-5-9(12(16)7-10)8-19(17,18)13-4-2-1-3-11(13)15/h1-7H,8H2. The van der Waals surface area contributed by atoms with E-state index in [1.807, 2.05) is 0 Å². The minimum absolute atomic E-state index is 0.0129. The molecule has 0 aliphatic carbocycles. The predicted octanol–water partition coefficient (Wildman–Crippen LogP) is 4.22. The molecule has 0 unspecified atom stereocenters. The number of hydrogen-bond donors (Lipinski definition) is 0. The van der Waals surface area contributed by atoms with Crippen molar-refractivity contribution < 1.29 is 12.8 Å². The van der Waals surface area contributed by atoms with Crippen LogP contribution in [0.25, 0.3) is 0 Å². The number of benzene rings is 2. The monoisotopic (exact) mass is 362 g/mol. The van der Waals surface area contributed by atoms with Crippen molar-refractivity contribution in [1.29, 1.82) is 0 Å². The van der Waals surface area contributed by atoms with Crippen molar-refractivity contribution in [3.05, 3.63) is 63.3 Å². The zero-order valence-corrected chi connectivity index (χ0v) is 12.8. The molecule has 0 saturated carbocycles. The summed E-state index contributed by atoms with van der Waals surface area (Å²) in [4.78, 5) is 0.0129. The van der Waals surface area contributed by atoms with E-state index in [-0.39, 0.29) is 15.5 Å². The first-order valence-corrected chi connectivity index (χ1v) is 8.14. The molecular formula is C13H9BrClFO2S. The summed E-state index contributed by atoms with van der Waals surface area (Å²) < 4.78 is 38.6. The molecule has 2 rings (SSSR count). The Kier molecular flexibility index (Phi) is 4.28. The topological polar surface area (TPSA) is 34.1 Å². The first kappa shape index (κ1) is 14.5. The SMILES string of the molecule is O=S(=O)(Cc1ccc(Br)cc1F)c1ccccc1Cl. The van der Waals surface area contributed by atoms with E-state index in [4.69, 9.17) is 11.6 Å². The molecular weight excluding hydrogens is 355 g/mol. The molecule has 0 aliphatic rings. The second-order valence-electron chi connectivity index (χ2n) is 3.93. The van der Waals surface area contributed by atoms with E-state index in [2.05, 4.69) is 15.9 Å². The maximum absolute atomic E-state index is 13.7. The van der Waals surface area contributed by atoms with Gasteiger partial charge in [0.1, 0.15) is 5.82 Å². The molecule has 100 valence electrons. The van der Waals surface area contributed by atoms with Crippen LogP contribution < -0.4 is 0 Å². The number of halogens is 3. The van der Waals surface area contributed by atoms with Gasteiger partial charge < -0.3 is 0 Å². The van der Waals surface area contributed by atoms with Gasteiger partial charge in [-0.15, -0.1) is 0 Å². The zero-order chi connectivity index (χ0) is 14.0. The molecule has 2 nitrogen and oxygen atoms in total. The Morgan fingerprint density at radius 3 is 2.47 bits per heavy atom. The van der Waals surface area contributed by atoms with E-state index >= 15 is 0 Å². The Balaban J connectivity index is 2.40. The minimum Gasteiger partial charge on any atom is -0.223 e. The lowest BCUT2D eigenvalue weighted by molar-refractivity contribution is 0.587. The summed E-state index contributed by atoms with van der Waals surface area (Å²) in [7, 11) is -3.67. The predicted molar refractivity (Wildman–Crippen MR) is 76.4 cm³/mol. The van der Waals surface area contributed by atoms with Crippen LogP contribution in [-0.4, -0.2) is 8.42 Å². The molecule has 0 saturated heterocycles. The van der Waals surface area contributed by atoms with Crippen LogP contribution in [0.3, 0.4) is 0 Å². The van der Waals surface area contributed by atoms with Crippen LogP contribution in [0.15, 0.2) is 51.8 Å². The van der Waals surface area contributed by atoms with Crippen LogP contribution in [0, 0.1) is 5.82 Å². The van der Waals surface area contributed by atoms with Gasteiger partial charge >= 0.3 is 0 Å². The van der Waals surface area contributed by atoms with Gasteiger partial charge in [-0.2, -0.15) is 0 Å². The molecule has 0 heterocycles. The fourth-order valence-electron chi connectivity index (χ4n) is 1.62. The lowest BCUT2D eigenvalue weighted by atomic mass is 10.2. The van der Waals surface area contributed by atoms with Crippen molar-refractivity contribution in [3.8, 4) is 0 Å². The molecule has 0 fully saturated rings. The van der Waals surface area contributed by atoms with E-state index in [1.165, 1.54) is 24.3 Å². The van der Waals surface area contributed by atoms with E-state index in [1.54, 1.807) is 18.2 Å². The summed E-state index contributed by atoms with van der Waals surface area (Å²) in [6.45, 7) is 0. The van der Waals surface area contributed by atoms with Gasteiger partial charge in [-0.3, -0.25) is 0 Å². The lowest BCUT2D eigenvalue weighted by Crippen LogP contribution is -2.07. The molecule has 6 heteroatoms. The Morgan fingerprint density at radius 2 is 1.84 bits per heavy atom. The summed E-state index contributed by atoms with van der Waals surface area (Å²) in [6.07, 6.45) is 0. The Hall–Kier alpha value is -0.910. The fraction of sp³-hybridized carbons (Fsp3) is 0.0769. The quantitative estimate of drug-likeness (QED) is 0.818.